The van der Waals surface area contributed by atoms with Gasteiger partial charge in [-0.25, -0.2) is 4.79 Å². The van der Waals surface area contributed by atoms with Gasteiger partial charge < -0.3 is 15.1 Å². The zero-order chi connectivity index (χ0) is 14.1. The van der Waals surface area contributed by atoms with Gasteiger partial charge in [0.15, 0.2) is 5.44 Å². The molecule has 2 N–H and O–H groups in total. The molecule has 0 aromatic carbocycles. The Morgan fingerprint density at radius 3 is 2.11 bits per heavy atom. The van der Waals surface area contributed by atoms with Crippen molar-refractivity contribution in [2.24, 2.45) is 0 Å². The molecule has 0 bridgehead atoms. The minimum atomic E-state index is -1.35. The lowest BCUT2D eigenvalue weighted by molar-refractivity contribution is -0.262. The minimum Gasteiger partial charge on any atom is -0.479 e. The largest absolute Gasteiger partial charge is 0.479 e. The van der Waals surface area contributed by atoms with E-state index in [1.807, 2.05) is 5.06 Å². The van der Waals surface area contributed by atoms with Gasteiger partial charge in [-0.15, -0.1) is 11.8 Å². The summed E-state index contributed by atoms with van der Waals surface area (Å²) in [5, 5.41) is 20.3. The molecule has 0 radical (unpaired) electrons. The summed E-state index contributed by atoms with van der Waals surface area (Å²) in [6.45, 7) is 8.27. The Morgan fingerprint density at radius 2 is 1.78 bits per heavy atom. The summed E-state index contributed by atoms with van der Waals surface area (Å²) in [5.74, 6) is -1.18. The number of piperidine rings is 1. The van der Waals surface area contributed by atoms with E-state index in [0.717, 1.165) is 24.6 Å². The third-order valence-corrected chi connectivity index (χ3v) is 4.45. The average molecular weight is 277 g/mol. The molecule has 0 aromatic rings. The van der Waals surface area contributed by atoms with E-state index in [1.54, 1.807) is 7.11 Å². The number of aliphatic carboxylic acids is 1. The second-order valence-corrected chi connectivity index (χ2v) is 7.34. The summed E-state index contributed by atoms with van der Waals surface area (Å²) >= 11 is 1.12. The number of aliphatic hydroxyl groups is 1. The lowest BCUT2D eigenvalue weighted by atomic mass is 9.82. The molecule has 1 fully saturated rings. The number of carbonyl (C=O) groups is 1. The first kappa shape index (κ1) is 15.8. The van der Waals surface area contributed by atoms with E-state index in [4.69, 9.17) is 9.94 Å². The molecule has 0 aromatic heterocycles. The van der Waals surface area contributed by atoms with Crippen LogP contribution < -0.4 is 0 Å². The van der Waals surface area contributed by atoms with Crippen LogP contribution in [0.5, 0.6) is 0 Å². The molecular weight excluding hydrogens is 254 g/mol. The zero-order valence-corrected chi connectivity index (χ0v) is 12.5. The molecule has 1 rings (SSSR count). The first-order valence-electron chi connectivity index (χ1n) is 6.01. The minimum absolute atomic E-state index is 0.104. The van der Waals surface area contributed by atoms with E-state index in [9.17, 15) is 9.90 Å². The summed E-state index contributed by atoms with van der Waals surface area (Å²) in [5.41, 5.74) is -1.73. The van der Waals surface area contributed by atoms with Crippen LogP contribution in [0.1, 0.15) is 40.5 Å². The van der Waals surface area contributed by atoms with Gasteiger partial charge in [0, 0.05) is 16.3 Å². The van der Waals surface area contributed by atoms with Gasteiger partial charge in [0.25, 0.3) is 0 Å². The van der Waals surface area contributed by atoms with Crippen LogP contribution in [-0.2, 0) is 9.63 Å². The number of hydrogen-bond donors (Lipinski definition) is 2. The Labute approximate surface area is 112 Å². The van der Waals surface area contributed by atoms with Crippen molar-refractivity contribution in [3.8, 4) is 0 Å². The number of aliphatic hydroxyl groups excluding tert-OH is 1. The number of carboxylic acids is 1. The third kappa shape index (κ3) is 3.38. The summed E-state index contributed by atoms with van der Waals surface area (Å²) in [4.78, 5) is 16.2. The molecule has 6 heteroatoms. The number of thioether (sulfide) groups is 1. The van der Waals surface area contributed by atoms with Crippen molar-refractivity contribution >= 4 is 17.7 Å². The number of rotatable bonds is 4. The molecular formula is C12H23NO4S. The van der Waals surface area contributed by atoms with Crippen LogP contribution in [0, 0.1) is 0 Å². The second kappa shape index (κ2) is 5.36. The predicted octanol–water partition coefficient (Wildman–Crippen LogP) is 1.71. The Hall–Kier alpha value is -0.300. The molecule has 0 saturated carbocycles. The number of carboxylic acid groups (broad SMARTS) is 1. The van der Waals surface area contributed by atoms with Crippen LogP contribution in [-0.4, -0.2) is 50.1 Å². The van der Waals surface area contributed by atoms with Gasteiger partial charge in [-0.1, -0.05) is 0 Å². The maximum Gasteiger partial charge on any atom is 0.343 e. The number of hydrogen-bond acceptors (Lipinski definition) is 5. The van der Waals surface area contributed by atoms with Gasteiger partial charge >= 0.3 is 5.97 Å². The van der Waals surface area contributed by atoms with Gasteiger partial charge in [0.2, 0.25) is 0 Å². The molecule has 1 atom stereocenters. The standard InChI is InChI=1S/C12H23NO4S/c1-11(2)6-8(18-10(16)9(14)15)7-12(3,4)13(11)17-5/h8,10,16H,6-7H2,1-5H3,(H,14,15). The lowest BCUT2D eigenvalue weighted by Crippen LogP contribution is -2.60. The second-order valence-electron chi connectivity index (χ2n) is 5.96. The fraction of sp³-hybridized carbons (Fsp3) is 0.917. The van der Waals surface area contributed by atoms with Gasteiger partial charge in [-0.2, -0.15) is 5.06 Å². The molecule has 1 unspecified atom stereocenters. The fourth-order valence-electron chi connectivity index (χ4n) is 3.00. The highest BCUT2D eigenvalue weighted by Crippen LogP contribution is 2.43. The van der Waals surface area contributed by atoms with E-state index in [2.05, 4.69) is 27.7 Å². The van der Waals surface area contributed by atoms with Gasteiger partial charge in [0.1, 0.15) is 0 Å². The monoisotopic (exact) mass is 277 g/mol. The van der Waals surface area contributed by atoms with Crippen LogP contribution in [0.4, 0.5) is 0 Å². The Balaban J connectivity index is 2.80. The molecule has 1 aliphatic heterocycles. The van der Waals surface area contributed by atoms with Crippen molar-refractivity contribution in [2.45, 2.75) is 62.3 Å². The SMILES string of the molecule is CON1C(C)(C)CC(SC(O)C(=O)O)CC1(C)C. The van der Waals surface area contributed by atoms with Crippen molar-refractivity contribution in [1.82, 2.24) is 5.06 Å². The Kier molecular flexibility index (Phi) is 4.70. The number of hydroxylamine groups is 2. The van der Waals surface area contributed by atoms with Crippen molar-refractivity contribution in [3.05, 3.63) is 0 Å². The highest BCUT2D eigenvalue weighted by atomic mass is 32.2. The normalized spacial score (nSPS) is 25.9. The third-order valence-electron chi connectivity index (χ3n) is 3.27. The van der Waals surface area contributed by atoms with Crippen LogP contribution in [0.3, 0.4) is 0 Å². The fourth-order valence-corrected chi connectivity index (χ4v) is 4.49. The topological polar surface area (TPSA) is 70.0 Å². The van der Waals surface area contributed by atoms with E-state index in [1.165, 1.54) is 0 Å². The summed E-state index contributed by atoms with van der Waals surface area (Å²) < 4.78 is 0. The van der Waals surface area contributed by atoms with Crippen molar-refractivity contribution in [1.29, 1.82) is 0 Å². The quantitative estimate of drug-likeness (QED) is 0.762. The summed E-state index contributed by atoms with van der Waals surface area (Å²) in [7, 11) is 1.66. The van der Waals surface area contributed by atoms with Crippen molar-refractivity contribution in [3.63, 3.8) is 0 Å². The molecule has 106 valence electrons. The summed E-state index contributed by atoms with van der Waals surface area (Å²) in [6.07, 6.45) is 1.55. The molecule has 1 heterocycles. The average Bonchev–Trinajstić information content (AvgIpc) is 2.13. The Bertz CT molecular complexity index is 301. The molecule has 0 amide bonds. The van der Waals surface area contributed by atoms with E-state index >= 15 is 0 Å². The maximum absolute atomic E-state index is 10.7. The summed E-state index contributed by atoms with van der Waals surface area (Å²) in [6, 6.07) is 0. The highest BCUT2D eigenvalue weighted by Gasteiger charge is 2.46. The van der Waals surface area contributed by atoms with Crippen LogP contribution in [0.2, 0.25) is 0 Å². The van der Waals surface area contributed by atoms with Gasteiger partial charge in [0.05, 0.1) is 7.11 Å². The van der Waals surface area contributed by atoms with Crippen LogP contribution in [0.15, 0.2) is 0 Å². The number of nitrogens with zero attached hydrogens (tertiary/aromatic N) is 1. The molecule has 1 saturated heterocycles. The van der Waals surface area contributed by atoms with Crippen molar-refractivity contribution in [2.75, 3.05) is 7.11 Å². The zero-order valence-electron chi connectivity index (χ0n) is 11.6. The Morgan fingerprint density at radius 1 is 1.33 bits per heavy atom. The van der Waals surface area contributed by atoms with E-state index in [0.29, 0.717) is 0 Å². The van der Waals surface area contributed by atoms with E-state index in [-0.39, 0.29) is 16.3 Å². The molecule has 1 aliphatic rings. The lowest BCUT2D eigenvalue weighted by Gasteiger charge is -2.53. The van der Waals surface area contributed by atoms with Gasteiger partial charge in [-0.05, 0) is 40.5 Å². The molecule has 18 heavy (non-hydrogen) atoms. The van der Waals surface area contributed by atoms with Crippen molar-refractivity contribution < 1.29 is 19.8 Å². The van der Waals surface area contributed by atoms with Crippen LogP contribution >= 0.6 is 11.8 Å². The molecule has 0 spiro atoms. The van der Waals surface area contributed by atoms with Crippen LogP contribution in [0.25, 0.3) is 0 Å². The maximum atomic E-state index is 10.7. The first-order chi connectivity index (χ1) is 8.10. The highest BCUT2D eigenvalue weighted by molar-refractivity contribution is 8.01. The smallest absolute Gasteiger partial charge is 0.343 e. The van der Waals surface area contributed by atoms with E-state index < -0.39 is 11.4 Å². The first-order valence-corrected chi connectivity index (χ1v) is 6.95. The predicted molar refractivity (Wildman–Crippen MR) is 71.3 cm³/mol. The molecule has 5 nitrogen and oxygen atoms in total. The molecule has 0 aliphatic carbocycles. The van der Waals surface area contributed by atoms with Gasteiger partial charge in [-0.3, -0.25) is 0 Å².